The number of phenolic OH excluding ortho intramolecular Hbond substituents is 2. The highest BCUT2D eigenvalue weighted by Crippen LogP contribution is 2.45. The SMILES string of the molecule is CCOc1c(O)c2c(c(O)c1CCCC(=O)O)C(=O)C=CC2=O. The Morgan fingerprint density at radius 1 is 1.09 bits per heavy atom. The summed E-state index contributed by atoms with van der Waals surface area (Å²) in [7, 11) is 0. The Kier molecular flexibility index (Phi) is 4.68. The average molecular weight is 320 g/mol. The molecule has 0 radical (unpaired) electrons. The maximum atomic E-state index is 12.0. The number of carbonyl (C=O) groups is 3. The van der Waals surface area contributed by atoms with Crippen molar-refractivity contribution in [2.24, 2.45) is 0 Å². The van der Waals surface area contributed by atoms with Crippen LogP contribution in [0.5, 0.6) is 17.2 Å². The van der Waals surface area contributed by atoms with Gasteiger partial charge in [0.05, 0.1) is 17.7 Å². The fourth-order valence-corrected chi connectivity index (χ4v) is 2.50. The highest BCUT2D eigenvalue weighted by atomic mass is 16.5. The molecule has 7 heteroatoms. The lowest BCUT2D eigenvalue weighted by Gasteiger charge is -2.20. The minimum absolute atomic E-state index is 0.0828. The normalized spacial score (nSPS) is 13.1. The van der Waals surface area contributed by atoms with Crippen molar-refractivity contribution >= 4 is 17.5 Å². The van der Waals surface area contributed by atoms with Crippen LogP contribution in [0.15, 0.2) is 12.2 Å². The highest BCUT2D eigenvalue weighted by molar-refractivity contribution is 6.24. The van der Waals surface area contributed by atoms with E-state index in [9.17, 15) is 24.6 Å². The van der Waals surface area contributed by atoms with E-state index in [0.29, 0.717) is 0 Å². The van der Waals surface area contributed by atoms with Gasteiger partial charge in [-0.1, -0.05) is 0 Å². The molecule has 0 amide bonds. The zero-order valence-electron chi connectivity index (χ0n) is 12.5. The minimum Gasteiger partial charge on any atom is -0.507 e. The number of phenols is 2. The number of ketones is 2. The second-order valence-electron chi connectivity index (χ2n) is 5.00. The molecule has 0 unspecified atom stereocenters. The maximum Gasteiger partial charge on any atom is 0.303 e. The average Bonchev–Trinajstić information content (AvgIpc) is 2.49. The van der Waals surface area contributed by atoms with Crippen molar-refractivity contribution in [3.05, 3.63) is 28.8 Å². The first-order chi connectivity index (χ1) is 10.9. The van der Waals surface area contributed by atoms with Crippen LogP contribution in [0.25, 0.3) is 0 Å². The first kappa shape index (κ1) is 16.5. The minimum atomic E-state index is -1.00. The molecule has 1 aromatic carbocycles. The summed E-state index contributed by atoms with van der Waals surface area (Å²) in [5.41, 5.74) is -0.440. The van der Waals surface area contributed by atoms with Crippen molar-refractivity contribution in [2.45, 2.75) is 26.2 Å². The lowest BCUT2D eigenvalue weighted by molar-refractivity contribution is -0.137. The number of allylic oxidation sites excluding steroid dienone is 2. The van der Waals surface area contributed by atoms with Crippen LogP contribution in [0.1, 0.15) is 46.0 Å². The molecule has 23 heavy (non-hydrogen) atoms. The van der Waals surface area contributed by atoms with E-state index in [4.69, 9.17) is 9.84 Å². The van der Waals surface area contributed by atoms with Crippen LogP contribution in [-0.4, -0.2) is 39.5 Å². The van der Waals surface area contributed by atoms with Crippen molar-refractivity contribution in [2.75, 3.05) is 6.61 Å². The maximum absolute atomic E-state index is 12.0. The number of carboxylic acid groups (broad SMARTS) is 1. The summed E-state index contributed by atoms with van der Waals surface area (Å²) in [5, 5.41) is 29.4. The van der Waals surface area contributed by atoms with E-state index in [-0.39, 0.29) is 48.3 Å². The number of carbonyl (C=O) groups excluding carboxylic acids is 2. The number of fused-ring (bicyclic) bond motifs is 1. The van der Waals surface area contributed by atoms with Crippen LogP contribution in [-0.2, 0) is 11.2 Å². The van der Waals surface area contributed by atoms with E-state index in [0.717, 1.165) is 12.2 Å². The first-order valence-corrected chi connectivity index (χ1v) is 7.10. The molecule has 0 aliphatic heterocycles. The molecule has 0 fully saturated rings. The predicted molar refractivity (Wildman–Crippen MR) is 79.3 cm³/mol. The van der Waals surface area contributed by atoms with E-state index in [1.807, 2.05) is 0 Å². The molecular weight excluding hydrogens is 304 g/mol. The van der Waals surface area contributed by atoms with Gasteiger partial charge < -0.3 is 20.1 Å². The van der Waals surface area contributed by atoms with Gasteiger partial charge in [-0.05, 0) is 31.9 Å². The van der Waals surface area contributed by atoms with Crippen LogP contribution >= 0.6 is 0 Å². The largest absolute Gasteiger partial charge is 0.507 e. The molecule has 0 saturated heterocycles. The molecule has 0 spiro atoms. The molecule has 0 bridgehead atoms. The van der Waals surface area contributed by atoms with Crippen LogP contribution in [0, 0.1) is 0 Å². The van der Waals surface area contributed by atoms with Crippen LogP contribution < -0.4 is 4.74 Å². The third-order valence-corrected chi connectivity index (χ3v) is 3.48. The zero-order chi connectivity index (χ0) is 17.1. The lowest BCUT2D eigenvalue weighted by Crippen LogP contribution is -2.15. The number of aliphatic carboxylic acids is 1. The van der Waals surface area contributed by atoms with Crippen LogP contribution in [0.2, 0.25) is 0 Å². The molecule has 1 aromatic rings. The number of carboxylic acids is 1. The van der Waals surface area contributed by atoms with Crippen molar-refractivity contribution < 1.29 is 34.4 Å². The molecular formula is C16H16O7. The number of hydrogen-bond donors (Lipinski definition) is 3. The van der Waals surface area contributed by atoms with Gasteiger partial charge in [0.15, 0.2) is 23.1 Å². The summed E-state index contributed by atoms with van der Waals surface area (Å²) in [6.07, 6.45) is 2.16. The predicted octanol–water partition coefficient (Wildman–Crippen LogP) is 1.84. The van der Waals surface area contributed by atoms with E-state index < -0.39 is 29.0 Å². The Morgan fingerprint density at radius 3 is 2.17 bits per heavy atom. The monoisotopic (exact) mass is 320 g/mol. The van der Waals surface area contributed by atoms with E-state index in [1.165, 1.54) is 0 Å². The third-order valence-electron chi connectivity index (χ3n) is 3.48. The number of aromatic hydroxyl groups is 2. The second-order valence-corrected chi connectivity index (χ2v) is 5.00. The molecule has 0 aromatic heterocycles. The van der Waals surface area contributed by atoms with Gasteiger partial charge in [0.1, 0.15) is 5.75 Å². The highest BCUT2D eigenvalue weighted by Gasteiger charge is 2.32. The standard InChI is InChI=1S/C16H16O7/c1-2-23-16-8(4-3-5-11(19)20)14(21)12-9(17)6-7-10(18)13(12)15(16)22/h6-7,21-22H,2-5H2,1H3,(H,19,20). The molecule has 1 aliphatic carbocycles. The molecule has 3 N–H and O–H groups in total. The number of ether oxygens (including phenoxy) is 1. The molecule has 0 atom stereocenters. The van der Waals surface area contributed by atoms with Crippen molar-refractivity contribution in [1.29, 1.82) is 0 Å². The fourth-order valence-electron chi connectivity index (χ4n) is 2.50. The number of benzene rings is 1. The van der Waals surface area contributed by atoms with Crippen molar-refractivity contribution in [3.63, 3.8) is 0 Å². The Hall–Kier alpha value is -2.83. The molecule has 0 saturated carbocycles. The van der Waals surface area contributed by atoms with Gasteiger partial charge in [0.2, 0.25) is 0 Å². The fraction of sp³-hybridized carbons (Fsp3) is 0.312. The van der Waals surface area contributed by atoms with Crippen molar-refractivity contribution in [1.82, 2.24) is 0 Å². The van der Waals surface area contributed by atoms with E-state index in [1.54, 1.807) is 6.92 Å². The van der Waals surface area contributed by atoms with Crippen LogP contribution in [0.3, 0.4) is 0 Å². The second kappa shape index (κ2) is 6.51. The quantitative estimate of drug-likeness (QED) is 0.684. The van der Waals surface area contributed by atoms with E-state index >= 15 is 0 Å². The van der Waals surface area contributed by atoms with Crippen molar-refractivity contribution in [3.8, 4) is 17.2 Å². The Bertz CT molecular complexity index is 716. The lowest BCUT2D eigenvalue weighted by atomic mass is 9.88. The zero-order valence-corrected chi connectivity index (χ0v) is 12.5. The summed E-state index contributed by atoms with van der Waals surface area (Å²) in [4.78, 5) is 34.5. The summed E-state index contributed by atoms with van der Waals surface area (Å²) in [5.74, 6) is -3.26. The van der Waals surface area contributed by atoms with Gasteiger partial charge in [-0.25, -0.2) is 0 Å². The van der Waals surface area contributed by atoms with Gasteiger partial charge in [0.25, 0.3) is 0 Å². The molecule has 2 rings (SSSR count). The Labute approximate surface area is 131 Å². The molecule has 122 valence electrons. The van der Waals surface area contributed by atoms with Gasteiger partial charge in [-0.15, -0.1) is 0 Å². The summed E-state index contributed by atoms with van der Waals surface area (Å²) in [6, 6.07) is 0. The first-order valence-electron chi connectivity index (χ1n) is 7.10. The molecule has 1 aliphatic rings. The van der Waals surface area contributed by atoms with Gasteiger partial charge >= 0.3 is 5.97 Å². The summed E-state index contributed by atoms with van der Waals surface area (Å²) >= 11 is 0. The Balaban J connectivity index is 2.59. The number of hydrogen-bond acceptors (Lipinski definition) is 6. The third kappa shape index (κ3) is 3.03. The number of rotatable bonds is 6. The van der Waals surface area contributed by atoms with Gasteiger partial charge in [0, 0.05) is 12.0 Å². The van der Waals surface area contributed by atoms with Crippen LogP contribution in [0.4, 0.5) is 0 Å². The van der Waals surface area contributed by atoms with Gasteiger partial charge in [-0.3, -0.25) is 14.4 Å². The summed E-state index contributed by atoms with van der Waals surface area (Å²) < 4.78 is 5.31. The summed E-state index contributed by atoms with van der Waals surface area (Å²) in [6.45, 7) is 1.82. The smallest absolute Gasteiger partial charge is 0.303 e. The topological polar surface area (TPSA) is 121 Å². The van der Waals surface area contributed by atoms with E-state index in [2.05, 4.69) is 0 Å². The van der Waals surface area contributed by atoms with Gasteiger partial charge in [-0.2, -0.15) is 0 Å². The molecule has 0 heterocycles. The Morgan fingerprint density at radius 2 is 1.65 bits per heavy atom. The molecule has 7 nitrogen and oxygen atoms in total.